The zero-order chi connectivity index (χ0) is 15.5. The monoisotopic (exact) mass is 308 g/mol. The van der Waals surface area contributed by atoms with Gasteiger partial charge in [-0.15, -0.1) is 0 Å². The fourth-order valence-electron chi connectivity index (χ4n) is 2.38. The maximum Gasteiger partial charge on any atom is 0.138 e. The summed E-state index contributed by atoms with van der Waals surface area (Å²) in [6, 6.07) is 2.10. The Balaban J connectivity index is 2.31. The lowest BCUT2D eigenvalue weighted by Gasteiger charge is -2.33. The highest BCUT2D eigenvalue weighted by molar-refractivity contribution is 8.00. The molecule has 1 atom stereocenters. The Morgan fingerprint density at radius 1 is 1.33 bits per heavy atom. The number of rotatable bonds is 4. The van der Waals surface area contributed by atoms with E-state index in [0.717, 1.165) is 42.3 Å². The summed E-state index contributed by atoms with van der Waals surface area (Å²) in [6.45, 7) is 13.9. The molecule has 0 aliphatic carbocycles. The Morgan fingerprint density at radius 3 is 2.71 bits per heavy atom. The van der Waals surface area contributed by atoms with Gasteiger partial charge in [-0.2, -0.15) is 11.8 Å². The number of thioether (sulfide) groups is 1. The summed E-state index contributed by atoms with van der Waals surface area (Å²) >= 11 is 2.09. The summed E-state index contributed by atoms with van der Waals surface area (Å²) < 4.78 is 0. The van der Waals surface area contributed by atoms with E-state index in [4.69, 9.17) is 4.98 Å². The van der Waals surface area contributed by atoms with Crippen LogP contribution in [0, 0.1) is 0 Å². The van der Waals surface area contributed by atoms with Crippen LogP contribution in [0.3, 0.4) is 0 Å². The van der Waals surface area contributed by atoms with Crippen molar-refractivity contribution in [2.45, 2.75) is 51.7 Å². The van der Waals surface area contributed by atoms with E-state index in [1.807, 2.05) is 0 Å². The summed E-state index contributed by atoms with van der Waals surface area (Å²) in [7, 11) is 0. The second-order valence-corrected chi connectivity index (χ2v) is 7.97. The molecule has 1 aromatic rings. The van der Waals surface area contributed by atoms with Crippen molar-refractivity contribution >= 4 is 23.4 Å². The minimum Gasteiger partial charge on any atom is -0.370 e. The number of hydrogen-bond acceptors (Lipinski definition) is 5. The van der Waals surface area contributed by atoms with Gasteiger partial charge in [0.05, 0.1) is 0 Å². The lowest BCUT2D eigenvalue weighted by Crippen LogP contribution is -2.38. The Hall–Kier alpha value is -0.970. The largest absolute Gasteiger partial charge is 0.370 e. The average Bonchev–Trinajstić information content (AvgIpc) is 2.46. The molecule has 1 N–H and O–H groups in total. The van der Waals surface area contributed by atoms with Gasteiger partial charge in [0, 0.05) is 42.1 Å². The molecule has 4 nitrogen and oxygen atoms in total. The van der Waals surface area contributed by atoms with E-state index in [1.54, 1.807) is 0 Å². The van der Waals surface area contributed by atoms with Gasteiger partial charge in [0.1, 0.15) is 17.5 Å². The quantitative estimate of drug-likeness (QED) is 0.921. The molecule has 0 radical (unpaired) electrons. The van der Waals surface area contributed by atoms with Gasteiger partial charge in [-0.1, -0.05) is 27.7 Å². The predicted octanol–water partition coefficient (Wildman–Crippen LogP) is 3.54. The Labute approximate surface area is 133 Å². The first-order valence-electron chi connectivity index (χ1n) is 7.94. The summed E-state index contributed by atoms with van der Waals surface area (Å²) in [4.78, 5) is 11.9. The van der Waals surface area contributed by atoms with Crippen LogP contribution in [0.15, 0.2) is 6.07 Å². The Morgan fingerprint density at radius 2 is 2.10 bits per heavy atom. The van der Waals surface area contributed by atoms with Gasteiger partial charge in [-0.25, -0.2) is 9.97 Å². The maximum atomic E-state index is 4.84. The van der Waals surface area contributed by atoms with Crippen molar-refractivity contribution < 1.29 is 0 Å². The first-order chi connectivity index (χ1) is 9.94. The zero-order valence-electron chi connectivity index (χ0n) is 13.9. The van der Waals surface area contributed by atoms with E-state index in [1.165, 1.54) is 12.2 Å². The van der Waals surface area contributed by atoms with Gasteiger partial charge >= 0.3 is 0 Å². The third-order valence-electron chi connectivity index (χ3n) is 3.66. The topological polar surface area (TPSA) is 41.0 Å². The fourth-order valence-corrected chi connectivity index (χ4v) is 3.56. The molecule has 2 rings (SSSR count). The van der Waals surface area contributed by atoms with Crippen LogP contribution in [0.25, 0.3) is 0 Å². The van der Waals surface area contributed by atoms with Gasteiger partial charge < -0.3 is 10.2 Å². The van der Waals surface area contributed by atoms with Gasteiger partial charge in [0.25, 0.3) is 0 Å². The molecule has 1 unspecified atom stereocenters. The van der Waals surface area contributed by atoms with Gasteiger partial charge in [0.2, 0.25) is 0 Å². The highest BCUT2D eigenvalue weighted by atomic mass is 32.2. The van der Waals surface area contributed by atoms with E-state index >= 15 is 0 Å². The first kappa shape index (κ1) is 16.4. The van der Waals surface area contributed by atoms with E-state index in [9.17, 15) is 0 Å². The lowest BCUT2D eigenvalue weighted by molar-refractivity contribution is 0.544. The lowest BCUT2D eigenvalue weighted by atomic mass is 9.96. The van der Waals surface area contributed by atoms with E-state index < -0.39 is 0 Å². The fraction of sp³-hybridized carbons (Fsp3) is 0.750. The van der Waals surface area contributed by atoms with E-state index in [0.29, 0.717) is 0 Å². The molecule has 118 valence electrons. The number of hydrogen-bond donors (Lipinski definition) is 1. The first-order valence-corrected chi connectivity index (χ1v) is 8.99. The van der Waals surface area contributed by atoms with Crippen LogP contribution in [0.1, 0.15) is 46.9 Å². The third-order valence-corrected chi connectivity index (χ3v) is 5.03. The summed E-state index contributed by atoms with van der Waals surface area (Å²) in [6.07, 6.45) is 1.22. The summed E-state index contributed by atoms with van der Waals surface area (Å²) in [5, 5.41) is 4.06. The molecule has 0 spiro atoms. The van der Waals surface area contributed by atoms with Crippen molar-refractivity contribution in [1.29, 1.82) is 0 Å². The molecule has 21 heavy (non-hydrogen) atoms. The summed E-state index contributed by atoms with van der Waals surface area (Å²) in [5.41, 5.74) is -0.0329. The number of nitrogens with zero attached hydrogens (tertiary/aromatic N) is 3. The van der Waals surface area contributed by atoms with E-state index in [2.05, 4.69) is 67.6 Å². The molecule has 1 saturated heterocycles. The molecule has 0 aromatic carbocycles. The number of nitrogens with one attached hydrogen (secondary N) is 1. The standard InChI is InChI=1S/C16H28N4S/c1-6-12-11-20(8-9-21-12)14-10-13(17-7-2)18-15(19-14)16(3,4)5/h10,12H,6-9,11H2,1-5H3,(H,17,18,19). The maximum absolute atomic E-state index is 4.84. The zero-order valence-corrected chi connectivity index (χ0v) is 14.8. The highest BCUT2D eigenvalue weighted by Crippen LogP contribution is 2.28. The second-order valence-electron chi connectivity index (χ2n) is 6.56. The smallest absolute Gasteiger partial charge is 0.138 e. The van der Waals surface area contributed by atoms with Crippen LogP contribution in [-0.4, -0.2) is 40.6 Å². The van der Waals surface area contributed by atoms with Crippen molar-refractivity contribution in [2.24, 2.45) is 0 Å². The number of anilines is 2. The van der Waals surface area contributed by atoms with E-state index in [-0.39, 0.29) is 5.41 Å². The van der Waals surface area contributed by atoms with Crippen molar-refractivity contribution in [3.05, 3.63) is 11.9 Å². The van der Waals surface area contributed by atoms with Crippen LogP contribution in [0.4, 0.5) is 11.6 Å². The minimum atomic E-state index is -0.0329. The molecular weight excluding hydrogens is 280 g/mol. The highest BCUT2D eigenvalue weighted by Gasteiger charge is 2.24. The Bertz CT molecular complexity index is 470. The van der Waals surface area contributed by atoms with Gasteiger partial charge in [0.15, 0.2) is 0 Å². The molecule has 1 fully saturated rings. The minimum absolute atomic E-state index is 0.0329. The van der Waals surface area contributed by atoms with Crippen molar-refractivity contribution in [3.8, 4) is 0 Å². The molecular formula is C16H28N4S. The summed E-state index contributed by atoms with van der Waals surface area (Å²) in [5.74, 6) is 4.12. The second kappa shape index (κ2) is 6.86. The molecule has 5 heteroatoms. The van der Waals surface area contributed by atoms with Crippen LogP contribution < -0.4 is 10.2 Å². The molecule has 0 amide bonds. The Kier molecular flexibility index (Phi) is 5.36. The molecule has 2 heterocycles. The van der Waals surface area contributed by atoms with Crippen LogP contribution in [0.2, 0.25) is 0 Å². The van der Waals surface area contributed by atoms with Crippen molar-refractivity contribution in [1.82, 2.24) is 9.97 Å². The van der Waals surface area contributed by atoms with Crippen LogP contribution >= 0.6 is 11.8 Å². The molecule has 1 aliphatic heterocycles. The third kappa shape index (κ3) is 4.25. The molecule has 1 aromatic heterocycles. The molecule has 1 aliphatic rings. The van der Waals surface area contributed by atoms with Gasteiger partial charge in [-0.3, -0.25) is 0 Å². The van der Waals surface area contributed by atoms with Crippen LogP contribution in [-0.2, 0) is 5.41 Å². The normalized spacial score (nSPS) is 19.7. The van der Waals surface area contributed by atoms with Gasteiger partial charge in [-0.05, 0) is 13.3 Å². The van der Waals surface area contributed by atoms with Crippen molar-refractivity contribution in [2.75, 3.05) is 35.6 Å². The molecule has 0 saturated carbocycles. The SMILES string of the molecule is CCNc1cc(N2CCSC(CC)C2)nc(C(C)(C)C)n1. The molecule has 0 bridgehead atoms. The average molecular weight is 308 g/mol. The predicted molar refractivity (Wildman–Crippen MR) is 93.6 cm³/mol. The van der Waals surface area contributed by atoms with Crippen LogP contribution in [0.5, 0.6) is 0 Å². The number of aromatic nitrogens is 2. The van der Waals surface area contributed by atoms with Crippen molar-refractivity contribution in [3.63, 3.8) is 0 Å².